The molecule has 0 amide bonds. The molecule has 0 bridgehead atoms. The average molecular weight is 323 g/mol. The summed E-state index contributed by atoms with van der Waals surface area (Å²) < 4.78 is 2.61. The van der Waals surface area contributed by atoms with Crippen molar-refractivity contribution in [1.29, 1.82) is 0 Å². The summed E-state index contributed by atoms with van der Waals surface area (Å²) in [6.45, 7) is 0. The molecule has 0 saturated heterocycles. The van der Waals surface area contributed by atoms with Crippen LogP contribution < -0.4 is 5.73 Å². The molecule has 1 aromatic heterocycles. The van der Waals surface area contributed by atoms with E-state index >= 15 is 0 Å². The first kappa shape index (κ1) is 12.2. The molecule has 6 nitrogen and oxygen atoms in total. The van der Waals surface area contributed by atoms with Crippen LogP contribution in [0.2, 0.25) is 0 Å². The Kier molecular flexibility index (Phi) is 2.78. The second kappa shape index (κ2) is 4.34. The first-order valence-corrected chi connectivity index (χ1v) is 6.63. The summed E-state index contributed by atoms with van der Waals surface area (Å²) in [5, 5.41) is 14.9. The van der Waals surface area contributed by atoms with Gasteiger partial charge in [0, 0.05) is 4.47 Å². The highest BCUT2D eigenvalue weighted by Crippen LogP contribution is 2.39. The lowest BCUT2D eigenvalue weighted by molar-refractivity contribution is -0.384. The van der Waals surface area contributed by atoms with E-state index in [0.717, 1.165) is 22.9 Å². The summed E-state index contributed by atoms with van der Waals surface area (Å²) in [5.74, 6) is 0.114. The van der Waals surface area contributed by atoms with E-state index in [1.165, 1.54) is 11.8 Å². The minimum atomic E-state index is -0.504. The Hall–Kier alpha value is -1.89. The number of halogens is 1. The van der Waals surface area contributed by atoms with Gasteiger partial charge in [-0.15, -0.1) is 0 Å². The van der Waals surface area contributed by atoms with Crippen LogP contribution in [0.4, 0.5) is 11.5 Å². The number of hydrogen-bond donors (Lipinski definition) is 1. The summed E-state index contributed by atoms with van der Waals surface area (Å²) in [7, 11) is 0. The molecule has 1 heterocycles. The number of anilines is 1. The SMILES string of the molecule is Nc1c([N+](=O)[O-])cnn1C1CCc2c(Br)cccc21. The highest BCUT2D eigenvalue weighted by Gasteiger charge is 2.30. The molecule has 1 aliphatic rings. The lowest BCUT2D eigenvalue weighted by atomic mass is 10.1. The number of benzene rings is 1. The van der Waals surface area contributed by atoms with E-state index in [0.29, 0.717) is 0 Å². The van der Waals surface area contributed by atoms with Crippen molar-refractivity contribution < 1.29 is 4.92 Å². The maximum absolute atomic E-state index is 10.8. The van der Waals surface area contributed by atoms with Crippen LogP contribution in [-0.2, 0) is 6.42 Å². The van der Waals surface area contributed by atoms with E-state index in [2.05, 4.69) is 21.0 Å². The topological polar surface area (TPSA) is 87.0 Å². The summed E-state index contributed by atoms with van der Waals surface area (Å²) in [6, 6.07) is 5.94. The maximum Gasteiger partial charge on any atom is 0.330 e. The minimum Gasteiger partial charge on any atom is -0.378 e. The van der Waals surface area contributed by atoms with Crippen molar-refractivity contribution in [2.24, 2.45) is 0 Å². The summed E-state index contributed by atoms with van der Waals surface area (Å²) in [5.41, 5.74) is 8.04. The zero-order valence-corrected chi connectivity index (χ0v) is 11.5. The van der Waals surface area contributed by atoms with Crippen molar-refractivity contribution in [2.45, 2.75) is 18.9 Å². The molecule has 0 radical (unpaired) electrons. The van der Waals surface area contributed by atoms with Gasteiger partial charge in [0.2, 0.25) is 5.82 Å². The molecule has 2 N–H and O–H groups in total. The van der Waals surface area contributed by atoms with Crippen molar-refractivity contribution in [3.05, 3.63) is 50.1 Å². The van der Waals surface area contributed by atoms with Crippen molar-refractivity contribution in [1.82, 2.24) is 9.78 Å². The summed E-state index contributed by atoms with van der Waals surface area (Å²) in [4.78, 5) is 10.3. The van der Waals surface area contributed by atoms with Gasteiger partial charge >= 0.3 is 5.69 Å². The summed E-state index contributed by atoms with van der Waals surface area (Å²) in [6.07, 6.45) is 2.97. The Labute approximate surface area is 117 Å². The van der Waals surface area contributed by atoms with Crippen molar-refractivity contribution in [3.63, 3.8) is 0 Å². The van der Waals surface area contributed by atoms with Gasteiger partial charge in [0.15, 0.2) is 0 Å². The Morgan fingerprint density at radius 2 is 2.32 bits per heavy atom. The normalized spacial score (nSPS) is 17.4. The Morgan fingerprint density at radius 3 is 3.00 bits per heavy atom. The quantitative estimate of drug-likeness (QED) is 0.680. The molecule has 0 saturated carbocycles. The lowest BCUT2D eigenvalue weighted by Gasteiger charge is -2.13. The fourth-order valence-electron chi connectivity index (χ4n) is 2.59. The van der Waals surface area contributed by atoms with Gasteiger partial charge in [-0.3, -0.25) is 10.1 Å². The average Bonchev–Trinajstić information content (AvgIpc) is 2.93. The molecule has 0 spiro atoms. The third kappa shape index (κ3) is 1.81. The second-order valence-electron chi connectivity index (χ2n) is 4.48. The number of fused-ring (bicyclic) bond motifs is 1. The zero-order chi connectivity index (χ0) is 13.6. The van der Waals surface area contributed by atoms with Crippen LogP contribution in [0, 0.1) is 10.1 Å². The predicted molar refractivity (Wildman–Crippen MR) is 73.9 cm³/mol. The van der Waals surface area contributed by atoms with Gasteiger partial charge in [-0.05, 0) is 30.0 Å². The highest BCUT2D eigenvalue weighted by molar-refractivity contribution is 9.10. The van der Waals surface area contributed by atoms with Gasteiger partial charge in [-0.25, -0.2) is 4.68 Å². The fraction of sp³-hybridized carbons (Fsp3) is 0.250. The second-order valence-corrected chi connectivity index (χ2v) is 5.33. The van der Waals surface area contributed by atoms with Crippen LogP contribution in [0.5, 0.6) is 0 Å². The molecule has 19 heavy (non-hydrogen) atoms. The van der Waals surface area contributed by atoms with Gasteiger partial charge in [0.05, 0.1) is 11.0 Å². The van der Waals surface area contributed by atoms with E-state index in [-0.39, 0.29) is 17.5 Å². The Morgan fingerprint density at radius 1 is 1.53 bits per heavy atom. The smallest absolute Gasteiger partial charge is 0.330 e. The molecule has 1 atom stereocenters. The van der Waals surface area contributed by atoms with Crippen LogP contribution in [0.15, 0.2) is 28.9 Å². The maximum atomic E-state index is 10.8. The predicted octanol–water partition coefficient (Wildman–Crippen LogP) is 2.67. The molecule has 98 valence electrons. The molecule has 0 aliphatic heterocycles. The van der Waals surface area contributed by atoms with Gasteiger partial charge in [0.1, 0.15) is 6.20 Å². The molecule has 7 heteroatoms. The number of nitrogens with two attached hydrogens (primary N) is 1. The first-order valence-electron chi connectivity index (χ1n) is 5.84. The van der Waals surface area contributed by atoms with Crippen molar-refractivity contribution in [3.8, 4) is 0 Å². The number of nitro groups is 1. The van der Waals surface area contributed by atoms with E-state index in [9.17, 15) is 10.1 Å². The van der Waals surface area contributed by atoms with E-state index < -0.39 is 4.92 Å². The Balaban J connectivity index is 2.07. The molecule has 0 fully saturated rings. The minimum absolute atomic E-state index is 0.0267. The molecular formula is C12H11BrN4O2. The van der Waals surface area contributed by atoms with Crippen LogP contribution in [0.25, 0.3) is 0 Å². The third-order valence-corrected chi connectivity index (χ3v) is 4.23. The van der Waals surface area contributed by atoms with Crippen LogP contribution in [0.3, 0.4) is 0 Å². The molecule has 2 aromatic rings. The van der Waals surface area contributed by atoms with Gasteiger partial charge in [0.25, 0.3) is 0 Å². The standard InChI is InChI=1S/C12H11BrN4O2/c13-9-3-1-2-8-7(9)4-5-10(8)16-12(14)11(6-15-16)17(18)19/h1-3,6,10H,4-5,14H2. The van der Waals surface area contributed by atoms with Crippen LogP contribution in [-0.4, -0.2) is 14.7 Å². The number of hydrogen-bond acceptors (Lipinski definition) is 4. The van der Waals surface area contributed by atoms with Gasteiger partial charge in [-0.1, -0.05) is 28.1 Å². The molecule has 1 aliphatic carbocycles. The summed E-state index contributed by atoms with van der Waals surface area (Å²) >= 11 is 3.53. The zero-order valence-electron chi connectivity index (χ0n) is 9.91. The first-order chi connectivity index (χ1) is 9.09. The van der Waals surface area contributed by atoms with Crippen LogP contribution >= 0.6 is 15.9 Å². The third-order valence-electron chi connectivity index (χ3n) is 3.49. The van der Waals surface area contributed by atoms with Gasteiger partial charge < -0.3 is 5.73 Å². The molecule has 1 unspecified atom stereocenters. The number of rotatable bonds is 2. The Bertz CT molecular complexity index is 668. The van der Waals surface area contributed by atoms with E-state index in [4.69, 9.17) is 5.73 Å². The fourth-order valence-corrected chi connectivity index (χ4v) is 3.17. The number of nitrogen functional groups attached to an aromatic ring is 1. The van der Waals surface area contributed by atoms with Crippen molar-refractivity contribution >= 4 is 27.4 Å². The van der Waals surface area contributed by atoms with Crippen molar-refractivity contribution in [2.75, 3.05) is 5.73 Å². The van der Waals surface area contributed by atoms with E-state index in [1.54, 1.807) is 4.68 Å². The number of aromatic nitrogens is 2. The lowest BCUT2D eigenvalue weighted by Crippen LogP contribution is -2.12. The molecule has 1 aromatic carbocycles. The van der Waals surface area contributed by atoms with Crippen LogP contribution in [0.1, 0.15) is 23.6 Å². The molecular weight excluding hydrogens is 312 g/mol. The monoisotopic (exact) mass is 322 g/mol. The largest absolute Gasteiger partial charge is 0.378 e. The molecule has 3 rings (SSSR count). The van der Waals surface area contributed by atoms with Gasteiger partial charge in [-0.2, -0.15) is 5.10 Å². The number of nitrogens with zero attached hydrogens (tertiary/aromatic N) is 3. The van der Waals surface area contributed by atoms with E-state index in [1.807, 2.05) is 18.2 Å². The highest BCUT2D eigenvalue weighted by atomic mass is 79.9.